The molecule has 160 valence electrons. The minimum atomic E-state index is -4.76. The zero-order valence-corrected chi connectivity index (χ0v) is 16.8. The lowest BCUT2D eigenvalue weighted by atomic mass is 9.76. The van der Waals surface area contributed by atoms with Crippen LogP contribution in [0.15, 0.2) is 24.3 Å². The summed E-state index contributed by atoms with van der Waals surface area (Å²) in [6, 6.07) is 1.64. The summed E-state index contributed by atoms with van der Waals surface area (Å²) in [7, 11) is 1.07. The third kappa shape index (κ3) is 3.95. The van der Waals surface area contributed by atoms with Crippen LogP contribution in [0.1, 0.15) is 51.3 Å². The van der Waals surface area contributed by atoms with E-state index in [0.717, 1.165) is 18.1 Å². The van der Waals surface area contributed by atoms with Gasteiger partial charge >= 0.3 is 18.1 Å². The molecule has 29 heavy (non-hydrogen) atoms. The first kappa shape index (κ1) is 22.7. The van der Waals surface area contributed by atoms with Crippen LogP contribution in [0.5, 0.6) is 0 Å². The number of methoxy groups -OCH3 is 1. The highest BCUT2D eigenvalue weighted by Gasteiger charge is 2.61. The molecule has 1 amide bonds. The first-order chi connectivity index (χ1) is 13.2. The minimum Gasteiger partial charge on any atom is -0.480 e. The molecule has 1 aromatic rings. The van der Waals surface area contributed by atoms with Crippen molar-refractivity contribution >= 4 is 17.8 Å². The number of halogens is 3. The van der Waals surface area contributed by atoms with Gasteiger partial charge in [0.25, 0.3) is 0 Å². The smallest absolute Gasteiger partial charge is 0.416 e. The molecule has 0 bridgehead atoms. The van der Waals surface area contributed by atoms with Gasteiger partial charge in [0, 0.05) is 5.41 Å². The maximum absolute atomic E-state index is 13.7. The largest absolute Gasteiger partial charge is 0.480 e. The topological polar surface area (TPSA) is 83.9 Å². The summed E-state index contributed by atoms with van der Waals surface area (Å²) in [5.74, 6) is -2.95. The Hall–Kier alpha value is -2.58. The highest BCUT2D eigenvalue weighted by molar-refractivity contribution is 5.91. The highest BCUT2D eigenvalue weighted by atomic mass is 19.4. The third-order valence-electron chi connectivity index (χ3n) is 5.21. The van der Waals surface area contributed by atoms with E-state index >= 15 is 0 Å². The molecule has 0 unspecified atom stereocenters. The molecule has 0 spiro atoms. The van der Waals surface area contributed by atoms with Crippen LogP contribution in [0.25, 0.3) is 0 Å². The number of amides is 1. The molecule has 3 atom stereocenters. The molecule has 9 heteroatoms. The fourth-order valence-electron chi connectivity index (χ4n) is 3.87. The van der Waals surface area contributed by atoms with Crippen LogP contribution >= 0.6 is 0 Å². The van der Waals surface area contributed by atoms with Crippen LogP contribution in [0.3, 0.4) is 0 Å². The van der Waals surface area contributed by atoms with Crippen molar-refractivity contribution in [3.05, 3.63) is 35.4 Å². The molecule has 0 aliphatic carbocycles. The number of alkyl halides is 3. The molecule has 1 aromatic carbocycles. The average molecular weight is 415 g/mol. The number of carboxylic acids is 1. The van der Waals surface area contributed by atoms with Crippen molar-refractivity contribution in [2.24, 2.45) is 10.8 Å². The van der Waals surface area contributed by atoms with Gasteiger partial charge in [-0.2, -0.15) is 13.2 Å². The van der Waals surface area contributed by atoms with Crippen LogP contribution in [0.4, 0.5) is 13.2 Å². The van der Waals surface area contributed by atoms with Crippen molar-refractivity contribution in [1.29, 1.82) is 0 Å². The van der Waals surface area contributed by atoms with E-state index in [2.05, 4.69) is 0 Å². The molecule has 1 fully saturated rings. The summed E-state index contributed by atoms with van der Waals surface area (Å²) >= 11 is 0. The first-order valence-electron chi connectivity index (χ1n) is 8.96. The Labute approximate surface area is 166 Å². The van der Waals surface area contributed by atoms with Crippen molar-refractivity contribution in [2.45, 2.75) is 52.4 Å². The molecule has 0 radical (unpaired) electrons. The molecule has 1 N–H and O–H groups in total. The molecule has 0 aromatic heterocycles. The van der Waals surface area contributed by atoms with Crippen molar-refractivity contribution in [3.63, 3.8) is 0 Å². The molecule has 1 aliphatic rings. The van der Waals surface area contributed by atoms with E-state index in [0.29, 0.717) is 0 Å². The standard InChI is InChI=1S/C20H24F3NO5/c1-18(2,3)16(27)24-13(15(25)26)10-19(4,17(28)29-5)14(24)11-8-6-7-9-12(11)20(21,22)23/h6-9,13-14H,10H2,1-5H3,(H,25,26)/t13-,14-,19-/m1/s1. The van der Waals surface area contributed by atoms with Crippen LogP contribution in [-0.4, -0.2) is 41.0 Å². The van der Waals surface area contributed by atoms with Gasteiger partial charge in [-0.05, 0) is 25.0 Å². The number of nitrogens with zero attached hydrogens (tertiary/aromatic N) is 1. The van der Waals surface area contributed by atoms with Gasteiger partial charge in [-0.3, -0.25) is 9.59 Å². The number of benzene rings is 1. The van der Waals surface area contributed by atoms with Crippen molar-refractivity contribution < 1.29 is 37.4 Å². The van der Waals surface area contributed by atoms with E-state index in [1.54, 1.807) is 0 Å². The second-order valence-corrected chi connectivity index (χ2v) is 8.42. The van der Waals surface area contributed by atoms with Gasteiger partial charge in [0.2, 0.25) is 5.91 Å². The lowest BCUT2D eigenvalue weighted by Crippen LogP contribution is -2.48. The fraction of sp³-hybridized carbons (Fsp3) is 0.550. The van der Waals surface area contributed by atoms with Gasteiger partial charge in [-0.1, -0.05) is 39.0 Å². The Bertz CT molecular complexity index is 830. The van der Waals surface area contributed by atoms with Gasteiger partial charge in [0.05, 0.1) is 24.1 Å². The fourth-order valence-corrected chi connectivity index (χ4v) is 3.87. The van der Waals surface area contributed by atoms with Gasteiger partial charge in [-0.15, -0.1) is 0 Å². The second kappa shape index (κ2) is 7.35. The molecule has 2 rings (SSSR count). The van der Waals surface area contributed by atoms with Crippen LogP contribution in [0.2, 0.25) is 0 Å². The lowest BCUT2D eigenvalue weighted by molar-refractivity contribution is -0.158. The zero-order chi connectivity index (χ0) is 22.4. The van der Waals surface area contributed by atoms with Crippen LogP contribution < -0.4 is 0 Å². The number of likely N-dealkylation sites (tertiary alicyclic amines) is 1. The minimum absolute atomic E-state index is 0.339. The predicted octanol–water partition coefficient (Wildman–Crippen LogP) is 3.66. The number of aliphatic carboxylic acids is 1. The van der Waals surface area contributed by atoms with Gasteiger partial charge < -0.3 is 14.7 Å². The van der Waals surface area contributed by atoms with Crippen molar-refractivity contribution in [1.82, 2.24) is 4.90 Å². The molecular weight excluding hydrogens is 391 g/mol. The van der Waals surface area contributed by atoms with Crippen molar-refractivity contribution in [3.8, 4) is 0 Å². The molecule has 1 aliphatic heterocycles. The van der Waals surface area contributed by atoms with Gasteiger partial charge in [-0.25, -0.2) is 4.79 Å². The Balaban J connectivity index is 2.84. The third-order valence-corrected chi connectivity index (χ3v) is 5.21. The maximum atomic E-state index is 13.7. The van der Waals surface area contributed by atoms with E-state index < -0.39 is 52.5 Å². The average Bonchev–Trinajstić information content (AvgIpc) is 2.93. The SMILES string of the molecule is COC(=O)[C@]1(C)C[C@H](C(=O)O)N(C(=O)C(C)(C)C)[C@@H]1c1ccccc1C(F)(F)F. The van der Waals surface area contributed by atoms with E-state index in [4.69, 9.17) is 4.74 Å². The summed E-state index contributed by atoms with van der Waals surface area (Å²) in [5.41, 5.74) is -4.13. The number of carbonyl (C=O) groups is 3. The highest BCUT2D eigenvalue weighted by Crippen LogP contribution is 2.54. The molecule has 1 saturated heterocycles. The summed E-state index contributed by atoms with van der Waals surface area (Å²) in [6.07, 6.45) is -5.13. The Kier molecular flexibility index (Phi) is 5.75. The monoisotopic (exact) mass is 415 g/mol. The predicted molar refractivity (Wildman–Crippen MR) is 96.6 cm³/mol. The van der Waals surface area contributed by atoms with E-state index in [9.17, 15) is 32.7 Å². The number of ether oxygens (including phenoxy) is 1. The summed E-state index contributed by atoms with van der Waals surface area (Å²) in [6.45, 7) is 5.95. The van der Waals surface area contributed by atoms with Gasteiger partial charge in [0.1, 0.15) is 6.04 Å². The summed E-state index contributed by atoms with van der Waals surface area (Å²) in [4.78, 5) is 38.6. The molecular formula is C20H24F3NO5. The summed E-state index contributed by atoms with van der Waals surface area (Å²) < 4.78 is 46.0. The molecule has 0 saturated carbocycles. The molecule has 1 heterocycles. The lowest BCUT2D eigenvalue weighted by Gasteiger charge is -2.38. The van der Waals surface area contributed by atoms with E-state index in [1.165, 1.54) is 45.9 Å². The molecule has 6 nitrogen and oxygen atoms in total. The zero-order valence-electron chi connectivity index (χ0n) is 16.8. The Morgan fingerprint density at radius 2 is 1.72 bits per heavy atom. The van der Waals surface area contributed by atoms with E-state index in [-0.39, 0.29) is 12.0 Å². The van der Waals surface area contributed by atoms with Crippen LogP contribution in [0, 0.1) is 10.8 Å². The maximum Gasteiger partial charge on any atom is 0.416 e. The van der Waals surface area contributed by atoms with Crippen LogP contribution in [-0.2, 0) is 25.3 Å². The number of carbonyl (C=O) groups excluding carboxylic acids is 2. The normalized spacial score (nSPS) is 25.0. The van der Waals surface area contributed by atoms with E-state index in [1.807, 2.05) is 0 Å². The number of esters is 1. The number of carboxylic acid groups (broad SMARTS) is 1. The number of hydrogen-bond acceptors (Lipinski definition) is 4. The van der Waals surface area contributed by atoms with Crippen molar-refractivity contribution in [2.75, 3.05) is 7.11 Å². The Morgan fingerprint density at radius 1 is 1.17 bits per heavy atom. The Morgan fingerprint density at radius 3 is 2.17 bits per heavy atom. The quantitative estimate of drug-likeness (QED) is 0.762. The first-order valence-corrected chi connectivity index (χ1v) is 8.96. The number of hydrogen-bond donors (Lipinski definition) is 1. The summed E-state index contributed by atoms with van der Waals surface area (Å²) in [5, 5.41) is 9.71. The van der Waals surface area contributed by atoms with Gasteiger partial charge in [0.15, 0.2) is 0 Å². The second-order valence-electron chi connectivity index (χ2n) is 8.42. The number of rotatable bonds is 3.